The average Bonchev–Trinajstić information content (AvgIpc) is 2.08. The zero-order chi connectivity index (χ0) is 9.61. The van der Waals surface area contributed by atoms with Gasteiger partial charge in [-0.2, -0.15) is 0 Å². The molecule has 0 aromatic rings. The van der Waals surface area contributed by atoms with Gasteiger partial charge in [0.15, 0.2) is 0 Å². The van der Waals surface area contributed by atoms with Crippen molar-refractivity contribution in [3.63, 3.8) is 0 Å². The summed E-state index contributed by atoms with van der Waals surface area (Å²) in [6.45, 7) is 0.527. The molecule has 0 rings (SSSR count). The molecule has 12 heavy (non-hydrogen) atoms. The van der Waals surface area contributed by atoms with E-state index in [0.717, 1.165) is 0 Å². The van der Waals surface area contributed by atoms with Crippen molar-refractivity contribution in [2.75, 3.05) is 19.8 Å². The van der Waals surface area contributed by atoms with Crippen molar-refractivity contribution in [1.29, 1.82) is 0 Å². The normalized spacial score (nSPS) is 12.5. The number of rotatable bonds is 6. The molecule has 0 atom stereocenters. The van der Waals surface area contributed by atoms with E-state index in [0.29, 0.717) is 6.42 Å². The lowest BCUT2D eigenvalue weighted by molar-refractivity contribution is 0.0635. The van der Waals surface area contributed by atoms with Gasteiger partial charge in [0.2, 0.25) is 0 Å². The Morgan fingerprint density at radius 3 is 2.08 bits per heavy atom. The quantitative estimate of drug-likeness (QED) is 0.542. The SMILES string of the molecule is CCC(CO)(CO)NCC(F)F. The van der Waals surface area contributed by atoms with E-state index < -0.39 is 18.5 Å². The monoisotopic (exact) mass is 183 g/mol. The molecule has 0 aromatic heterocycles. The molecule has 0 amide bonds. The van der Waals surface area contributed by atoms with Gasteiger partial charge in [-0.05, 0) is 6.42 Å². The Bertz CT molecular complexity index is 110. The third kappa shape index (κ3) is 3.42. The minimum atomic E-state index is -2.46. The van der Waals surface area contributed by atoms with Crippen molar-refractivity contribution in [2.24, 2.45) is 0 Å². The first-order valence-corrected chi connectivity index (χ1v) is 3.85. The molecule has 0 aliphatic carbocycles. The summed E-state index contributed by atoms with van der Waals surface area (Å²) in [5.41, 5.74) is -0.962. The van der Waals surface area contributed by atoms with E-state index >= 15 is 0 Å². The molecule has 0 aromatic carbocycles. The fourth-order valence-electron chi connectivity index (χ4n) is 0.804. The summed E-state index contributed by atoms with van der Waals surface area (Å²) in [5.74, 6) is 0. The Kier molecular flexibility index (Phi) is 5.28. The van der Waals surface area contributed by atoms with Gasteiger partial charge < -0.3 is 15.5 Å². The maximum Gasteiger partial charge on any atom is 0.250 e. The minimum Gasteiger partial charge on any atom is -0.394 e. The number of nitrogens with one attached hydrogen (secondary N) is 1. The van der Waals surface area contributed by atoms with E-state index in [1.54, 1.807) is 6.92 Å². The summed E-state index contributed by atoms with van der Waals surface area (Å²) in [6.07, 6.45) is -2.05. The Morgan fingerprint density at radius 1 is 1.33 bits per heavy atom. The van der Waals surface area contributed by atoms with E-state index in [-0.39, 0.29) is 13.2 Å². The molecule has 0 saturated carbocycles. The lowest BCUT2D eigenvalue weighted by atomic mass is 9.99. The lowest BCUT2D eigenvalue weighted by Crippen LogP contribution is -2.52. The van der Waals surface area contributed by atoms with Crippen LogP contribution < -0.4 is 5.32 Å². The molecule has 0 saturated heterocycles. The van der Waals surface area contributed by atoms with Gasteiger partial charge in [-0.3, -0.25) is 0 Å². The zero-order valence-electron chi connectivity index (χ0n) is 7.06. The zero-order valence-corrected chi connectivity index (χ0v) is 7.06. The maximum absolute atomic E-state index is 11.7. The van der Waals surface area contributed by atoms with Crippen LogP contribution in [0.25, 0.3) is 0 Å². The molecule has 0 fully saturated rings. The first kappa shape index (κ1) is 11.7. The fourth-order valence-corrected chi connectivity index (χ4v) is 0.804. The highest BCUT2D eigenvalue weighted by atomic mass is 19.3. The van der Waals surface area contributed by atoms with Crippen LogP contribution >= 0.6 is 0 Å². The predicted octanol–water partition coefficient (Wildman–Crippen LogP) is -0.0255. The second-order valence-corrected chi connectivity index (χ2v) is 2.72. The molecule has 0 unspecified atom stereocenters. The molecule has 0 bridgehead atoms. The molecule has 0 aliphatic heterocycles. The largest absolute Gasteiger partial charge is 0.394 e. The Hall–Kier alpha value is -0.260. The highest BCUT2D eigenvalue weighted by Crippen LogP contribution is 2.08. The smallest absolute Gasteiger partial charge is 0.250 e. The van der Waals surface area contributed by atoms with Gasteiger partial charge in [-0.25, -0.2) is 8.78 Å². The number of hydrogen-bond acceptors (Lipinski definition) is 3. The Balaban J connectivity index is 3.93. The molecule has 3 N–H and O–H groups in total. The maximum atomic E-state index is 11.7. The summed E-state index contributed by atoms with van der Waals surface area (Å²) in [6, 6.07) is 0. The van der Waals surface area contributed by atoms with Crippen LogP contribution in [0.5, 0.6) is 0 Å². The minimum absolute atomic E-state index is 0.341. The number of hydrogen-bond donors (Lipinski definition) is 3. The standard InChI is InChI=1S/C7H15F2NO2/c1-2-7(4-11,5-12)10-3-6(8)9/h6,10-12H,2-5H2,1H3. The molecule has 0 aliphatic rings. The lowest BCUT2D eigenvalue weighted by Gasteiger charge is -2.29. The topological polar surface area (TPSA) is 52.5 Å². The van der Waals surface area contributed by atoms with Gasteiger partial charge >= 0.3 is 0 Å². The van der Waals surface area contributed by atoms with Crippen LogP contribution in [0.2, 0.25) is 0 Å². The molecule has 74 valence electrons. The summed E-state index contributed by atoms with van der Waals surface area (Å²) in [4.78, 5) is 0. The van der Waals surface area contributed by atoms with E-state index in [9.17, 15) is 8.78 Å². The van der Waals surface area contributed by atoms with Crippen molar-refractivity contribution >= 4 is 0 Å². The summed E-state index contributed by atoms with van der Waals surface area (Å²) < 4.78 is 23.5. The van der Waals surface area contributed by atoms with Gasteiger partial charge in [0.05, 0.1) is 25.3 Å². The number of alkyl halides is 2. The summed E-state index contributed by atoms with van der Waals surface area (Å²) in [5, 5.41) is 20.1. The Labute approximate surface area is 70.4 Å². The second-order valence-electron chi connectivity index (χ2n) is 2.72. The molecule has 0 radical (unpaired) electrons. The van der Waals surface area contributed by atoms with Gasteiger partial charge in [0.25, 0.3) is 6.43 Å². The van der Waals surface area contributed by atoms with Gasteiger partial charge in [0, 0.05) is 0 Å². The first-order valence-electron chi connectivity index (χ1n) is 3.85. The van der Waals surface area contributed by atoms with Gasteiger partial charge in [0.1, 0.15) is 0 Å². The number of aliphatic hydroxyl groups excluding tert-OH is 2. The third-order valence-corrected chi connectivity index (χ3v) is 1.91. The molecule has 5 heteroatoms. The third-order valence-electron chi connectivity index (χ3n) is 1.91. The van der Waals surface area contributed by atoms with E-state index in [2.05, 4.69) is 5.32 Å². The van der Waals surface area contributed by atoms with E-state index in [1.807, 2.05) is 0 Å². The van der Waals surface area contributed by atoms with Crippen molar-refractivity contribution in [2.45, 2.75) is 25.3 Å². The van der Waals surface area contributed by atoms with Gasteiger partial charge in [-0.15, -0.1) is 0 Å². The van der Waals surface area contributed by atoms with Gasteiger partial charge in [-0.1, -0.05) is 6.92 Å². The van der Waals surface area contributed by atoms with Crippen molar-refractivity contribution in [1.82, 2.24) is 5.32 Å². The van der Waals surface area contributed by atoms with E-state index in [1.165, 1.54) is 0 Å². The second kappa shape index (κ2) is 5.40. The van der Waals surface area contributed by atoms with Crippen molar-refractivity contribution < 1.29 is 19.0 Å². The van der Waals surface area contributed by atoms with Crippen LogP contribution in [-0.4, -0.2) is 41.9 Å². The van der Waals surface area contributed by atoms with E-state index in [4.69, 9.17) is 10.2 Å². The van der Waals surface area contributed by atoms with Crippen molar-refractivity contribution in [3.8, 4) is 0 Å². The van der Waals surface area contributed by atoms with Crippen LogP contribution in [0.4, 0.5) is 8.78 Å². The van der Waals surface area contributed by atoms with Crippen LogP contribution in [0.3, 0.4) is 0 Å². The number of halogens is 2. The predicted molar refractivity (Wildman–Crippen MR) is 41.2 cm³/mol. The molecule has 3 nitrogen and oxygen atoms in total. The molecule has 0 spiro atoms. The molecular formula is C7H15F2NO2. The van der Waals surface area contributed by atoms with Crippen LogP contribution in [-0.2, 0) is 0 Å². The van der Waals surface area contributed by atoms with Crippen LogP contribution in [0, 0.1) is 0 Å². The fraction of sp³-hybridized carbons (Fsp3) is 1.00. The molecular weight excluding hydrogens is 168 g/mol. The number of aliphatic hydroxyl groups is 2. The van der Waals surface area contributed by atoms with Crippen molar-refractivity contribution in [3.05, 3.63) is 0 Å². The first-order chi connectivity index (χ1) is 5.60. The highest BCUT2D eigenvalue weighted by Gasteiger charge is 2.26. The van der Waals surface area contributed by atoms with Crippen LogP contribution in [0.15, 0.2) is 0 Å². The highest BCUT2D eigenvalue weighted by molar-refractivity contribution is 4.85. The Morgan fingerprint density at radius 2 is 1.83 bits per heavy atom. The molecule has 0 heterocycles. The average molecular weight is 183 g/mol. The summed E-state index contributed by atoms with van der Waals surface area (Å²) >= 11 is 0. The summed E-state index contributed by atoms with van der Waals surface area (Å²) in [7, 11) is 0. The van der Waals surface area contributed by atoms with Crippen LogP contribution in [0.1, 0.15) is 13.3 Å².